The molecule has 0 aliphatic carbocycles. The van der Waals surface area contributed by atoms with Gasteiger partial charge in [-0.3, -0.25) is 0 Å². The normalized spacial score (nSPS) is 18.7. The molecule has 0 amide bonds. The molecule has 0 radical (unpaired) electrons. The van der Waals surface area contributed by atoms with Crippen LogP contribution in [0.15, 0.2) is 17.0 Å². The topological polar surface area (TPSA) is 66.6 Å². The van der Waals surface area contributed by atoms with Crippen LogP contribution in [0.25, 0.3) is 0 Å². The van der Waals surface area contributed by atoms with Crippen molar-refractivity contribution in [2.45, 2.75) is 18.7 Å². The van der Waals surface area contributed by atoms with Crippen molar-refractivity contribution < 1.29 is 8.42 Å². The number of hydrogen-bond donors (Lipinski definition) is 1. The Morgan fingerprint density at radius 1 is 1.11 bits per heavy atom. The molecule has 0 bridgehead atoms. The molecule has 0 aromatic heterocycles. The molecule has 2 N–H and O–H groups in total. The predicted molar refractivity (Wildman–Crippen MR) is 76.6 cm³/mol. The average Bonchev–Trinajstić information content (AvgIpc) is 2.34. The molecule has 19 heavy (non-hydrogen) atoms. The van der Waals surface area contributed by atoms with Crippen molar-refractivity contribution in [3.05, 3.63) is 23.3 Å². The number of nitrogens with two attached hydrogens (primary N) is 1. The van der Waals surface area contributed by atoms with Gasteiger partial charge in [-0.25, -0.2) is 8.42 Å². The molecule has 1 aromatic carbocycles. The van der Waals surface area contributed by atoms with E-state index in [0.29, 0.717) is 23.7 Å². The Bertz CT molecular complexity index is 576. The molecule has 0 unspecified atom stereocenters. The van der Waals surface area contributed by atoms with Crippen molar-refractivity contribution in [1.29, 1.82) is 0 Å². The molecule has 0 saturated carbocycles. The second-order valence-corrected chi connectivity index (χ2v) is 7.07. The van der Waals surface area contributed by atoms with Crippen molar-refractivity contribution in [3.63, 3.8) is 0 Å². The molecule has 1 saturated heterocycles. The van der Waals surface area contributed by atoms with Crippen LogP contribution in [0.2, 0.25) is 0 Å². The summed E-state index contributed by atoms with van der Waals surface area (Å²) < 4.78 is 26.9. The van der Waals surface area contributed by atoms with Gasteiger partial charge in [0.15, 0.2) is 0 Å². The lowest BCUT2D eigenvalue weighted by atomic mass is 10.1. The first kappa shape index (κ1) is 14.3. The molecule has 0 spiro atoms. The van der Waals surface area contributed by atoms with Gasteiger partial charge in [0.05, 0.1) is 4.90 Å². The number of likely N-dealkylation sites (N-methyl/N-ethyl adjacent to an activating group) is 1. The highest BCUT2D eigenvalue weighted by molar-refractivity contribution is 7.89. The van der Waals surface area contributed by atoms with Crippen molar-refractivity contribution in [3.8, 4) is 0 Å². The number of piperazine rings is 1. The monoisotopic (exact) mass is 283 g/mol. The quantitative estimate of drug-likeness (QED) is 0.816. The first-order valence-electron chi connectivity index (χ1n) is 6.38. The van der Waals surface area contributed by atoms with Gasteiger partial charge in [-0.15, -0.1) is 0 Å². The molecule has 1 aliphatic rings. The van der Waals surface area contributed by atoms with E-state index in [4.69, 9.17) is 5.73 Å². The first-order chi connectivity index (χ1) is 8.82. The Morgan fingerprint density at radius 3 is 2.26 bits per heavy atom. The molecular weight excluding hydrogens is 262 g/mol. The molecule has 1 fully saturated rings. The minimum Gasteiger partial charge on any atom is -0.399 e. The van der Waals surface area contributed by atoms with Crippen LogP contribution in [-0.4, -0.2) is 50.8 Å². The Labute approximate surface area is 115 Å². The number of sulfonamides is 1. The first-order valence-corrected chi connectivity index (χ1v) is 7.82. The second-order valence-electron chi connectivity index (χ2n) is 5.17. The third-order valence-corrected chi connectivity index (χ3v) is 5.75. The molecule has 106 valence electrons. The Hall–Kier alpha value is -1.11. The third kappa shape index (κ3) is 2.75. The van der Waals surface area contributed by atoms with Gasteiger partial charge in [0.25, 0.3) is 0 Å². The Morgan fingerprint density at radius 2 is 1.68 bits per heavy atom. The standard InChI is InChI=1S/C13H21N3O2S/c1-10-8-12(14)9-13(11(10)2)19(17,18)16-6-4-15(3)5-7-16/h8-9H,4-7,14H2,1-3H3. The van der Waals surface area contributed by atoms with Crippen LogP contribution in [0.4, 0.5) is 5.69 Å². The van der Waals surface area contributed by atoms with Gasteiger partial charge >= 0.3 is 0 Å². The number of rotatable bonds is 2. The summed E-state index contributed by atoms with van der Waals surface area (Å²) in [4.78, 5) is 2.47. The van der Waals surface area contributed by atoms with E-state index in [1.807, 2.05) is 20.9 Å². The van der Waals surface area contributed by atoms with Crippen LogP contribution >= 0.6 is 0 Å². The molecule has 1 aliphatic heterocycles. The molecular formula is C13H21N3O2S. The molecule has 1 aromatic rings. The summed E-state index contributed by atoms with van der Waals surface area (Å²) in [6.45, 7) is 6.31. The maximum Gasteiger partial charge on any atom is 0.243 e. The zero-order chi connectivity index (χ0) is 14.2. The number of nitrogens with zero attached hydrogens (tertiary/aromatic N) is 2. The molecule has 0 atom stereocenters. The number of aryl methyl sites for hydroxylation is 1. The Balaban J connectivity index is 2.40. The van der Waals surface area contributed by atoms with Gasteiger partial charge < -0.3 is 10.6 Å². The predicted octanol–water partition coefficient (Wildman–Crippen LogP) is 0.822. The fraction of sp³-hybridized carbons (Fsp3) is 0.538. The maximum atomic E-state index is 12.7. The van der Waals surface area contributed by atoms with E-state index >= 15 is 0 Å². The minimum absolute atomic E-state index is 0.342. The van der Waals surface area contributed by atoms with Gasteiger partial charge in [0.1, 0.15) is 0 Å². The van der Waals surface area contributed by atoms with Gasteiger partial charge in [-0.1, -0.05) is 0 Å². The van der Waals surface area contributed by atoms with Crippen LogP contribution in [0.1, 0.15) is 11.1 Å². The summed E-state index contributed by atoms with van der Waals surface area (Å²) in [6, 6.07) is 3.37. The van der Waals surface area contributed by atoms with Crippen LogP contribution in [0, 0.1) is 13.8 Å². The average molecular weight is 283 g/mol. The largest absolute Gasteiger partial charge is 0.399 e. The van der Waals surface area contributed by atoms with Crippen molar-refractivity contribution in [1.82, 2.24) is 9.21 Å². The Kier molecular flexibility index (Phi) is 3.85. The van der Waals surface area contributed by atoms with Crippen LogP contribution < -0.4 is 5.73 Å². The highest BCUT2D eigenvalue weighted by Gasteiger charge is 2.29. The smallest absolute Gasteiger partial charge is 0.243 e. The van der Waals surface area contributed by atoms with Gasteiger partial charge in [0.2, 0.25) is 10.0 Å². The lowest BCUT2D eigenvalue weighted by Crippen LogP contribution is -2.47. The molecule has 2 rings (SSSR count). The highest BCUT2D eigenvalue weighted by Crippen LogP contribution is 2.25. The van der Waals surface area contributed by atoms with Crippen LogP contribution in [0.3, 0.4) is 0 Å². The van der Waals surface area contributed by atoms with Crippen LogP contribution in [-0.2, 0) is 10.0 Å². The second kappa shape index (κ2) is 5.11. The summed E-state index contributed by atoms with van der Waals surface area (Å²) in [5, 5.41) is 0. The maximum absolute atomic E-state index is 12.7. The van der Waals surface area contributed by atoms with E-state index in [1.54, 1.807) is 16.4 Å². The van der Waals surface area contributed by atoms with Gasteiger partial charge in [0, 0.05) is 31.9 Å². The van der Waals surface area contributed by atoms with Crippen molar-refractivity contribution in [2.24, 2.45) is 0 Å². The van der Waals surface area contributed by atoms with E-state index in [1.165, 1.54) is 0 Å². The number of benzene rings is 1. The number of anilines is 1. The van der Waals surface area contributed by atoms with Crippen molar-refractivity contribution >= 4 is 15.7 Å². The zero-order valence-corrected chi connectivity index (χ0v) is 12.5. The summed E-state index contributed by atoms with van der Waals surface area (Å²) in [5.41, 5.74) is 7.98. The lowest BCUT2D eigenvalue weighted by Gasteiger charge is -2.32. The number of nitrogen functional groups attached to an aromatic ring is 1. The third-order valence-electron chi connectivity index (χ3n) is 3.72. The van der Waals surface area contributed by atoms with Gasteiger partial charge in [-0.2, -0.15) is 4.31 Å². The summed E-state index contributed by atoms with van der Waals surface area (Å²) in [6.07, 6.45) is 0. The molecule has 6 heteroatoms. The van der Waals surface area contributed by atoms with E-state index in [2.05, 4.69) is 4.90 Å². The SMILES string of the molecule is Cc1cc(N)cc(S(=O)(=O)N2CCN(C)CC2)c1C. The van der Waals surface area contributed by atoms with Gasteiger partial charge in [-0.05, 0) is 44.2 Å². The molecule has 1 heterocycles. The lowest BCUT2D eigenvalue weighted by molar-refractivity contribution is 0.222. The molecule has 5 nitrogen and oxygen atoms in total. The van der Waals surface area contributed by atoms with Crippen LogP contribution in [0.5, 0.6) is 0 Å². The van der Waals surface area contributed by atoms with E-state index < -0.39 is 10.0 Å². The summed E-state index contributed by atoms with van der Waals surface area (Å²) in [5.74, 6) is 0. The van der Waals surface area contributed by atoms with E-state index in [-0.39, 0.29) is 0 Å². The highest BCUT2D eigenvalue weighted by atomic mass is 32.2. The summed E-state index contributed by atoms with van der Waals surface area (Å²) in [7, 11) is -1.43. The van der Waals surface area contributed by atoms with E-state index in [9.17, 15) is 8.42 Å². The zero-order valence-electron chi connectivity index (χ0n) is 11.7. The van der Waals surface area contributed by atoms with E-state index in [0.717, 1.165) is 24.2 Å². The number of hydrogen-bond acceptors (Lipinski definition) is 4. The fourth-order valence-electron chi connectivity index (χ4n) is 2.29. The minimum atomic E-state index is -3.43. The van der Waals surface area contributed by atoms with Crippen molar-refractivity contribution in [2.75, 3.05) is 39.0 Å². The summed E-state index contributed by atoms with van der Waals surface area (Å²) >= 11 is 0. The fourth-order valence-corrected chi connectivity index (χ4v) is 4.04.